The lowest BCUT2D eigenvalue weighted by Gasteiger charge is -2.15. The van der Waals surface area contributed by atoms with Crippen LogP contribution in [0.4, 0.5) is 4.39 Å². The largest absolute Gasteiger partial charge is 0.486 e. The molecule has 0 amide bonds. The number of halogens is 2. The van der Waals surface area contributed by atoms with Crippen LogP contribution in [0.25, 0.3) is 0 Å². The van der Waals surface area contributed by atoms with Crippen LogP contribution in [0.2, 0.25) is 0 Å². The molecule has 0 unspecified atom stereocenters. The van der Waals surface area contributed by atoms with Gasteiger partial charge in [0.2, 0.25) is 0 Å². The third-order valence-electron chi connectivity index (χ3n) is 2.85. The Morgan fingerprint density at radius 3 is 2.80 bits per heavy atom. The monoisotopic (exact) mass is 272 g/mol. The Kier molecular flexibility index (Phi) is 3.29. The Hall–Kier alpha value is -0.570. The number of hydrogen-bond acceptors (Lipinski definition) is 1. The Labute approximate surface area is 97.8 Å². The van der Waals surface area contributed by atoms with Crippen molar-refractivity contribution >= 4 is 15.9 Å². The average Bonchev–Trinajstić information content (AvgIpc) is 2.58. The summed E-state index contributed by atoms with van der Waals surface area (Å²) >= 11 is 3.30. The van der Waals surface area contributed by atoms with Gasteiger partial charge in [-0.2, -0.15) is 0 Å². The van der Waals surface area contributed by atoms with Gasteiger partial charge >= 0.3 is 0 Å². The van der Waals surface area contributed by atoms with E-state index in [0.29, 0.717) is 16.1 Å². The molecule has 1 aliphatic rings. The molecule has 3 heteroatoms. The van der Waals surface area contributed by atoms with E-state index in [4.69, 9.17) is 4.74 Å². The molecule has 1 fully saturated rings. The van der Waals surface area contributed by atoms with Gasteiger partial charge in [0.05, 0.1) is 10.6 Å². The second kappa shape index (κ2) is 4.52. The van der Waals surface area contributed by atoms with Crippen molar-refractivity contribution in [2.75, 3.05) is 0 Å². The Balaban J connectivity index is 2.10. The van der Waals surface area contributed by atoms with Crippen molar-refractivity contribution in [3.8, 4) is 5.75 Å². The number of rotatable bonds is 2. The van der Waals surface area contributed by atoms with Crippen LogP contribution in [-0.2, 0) is 0 Å². The van der Waals surface area contributed by atoms with Gasteiger partial charge in [0.25, 0.3) is 0 Å². The van der Waals surface area contributed by atoms with Crippen LogP contribution >= 0.6 is 15.9 Å². The van der Waals surface area contributed by atoms with Crippen molar-refractivity contribution in [2.24, 2.45) is 5.92 Å². The first-order valence-electron chi connectivity index (χ1n) is 5.27. The fraction of sp³-hybridized carbons (Fsp3) is 0.500. The first kappa shape index (κ1) is 10.9. The average molecular weight is 273 g/mol. The second-order valence-electron chi connectivity index (χ2n) is 4.21. The topological polar surface area (TPSA) is 9.23 Å². The molecule has 0 radical (unpaired) electrons. The normalized spacial score (nSPS) is 25.5. The molecule has 15 heavy (non-hydrogen) atoms. The van der Waals surface area contributed by atoms with Crippen LogP contribution in [0.15, 0.2) is 22.7 Å². The van der Waals surface area contributed by atoms with E-state index in [0.717, 1.165) is 12.8 Å². The summed E-state index contributed by atoms with van der Waals surface area (Å²) in [4.78, 5) is 0. The van der Waals surface area contributed by atoms with Gasteiger partial charge in [0.1, 0.15) is 0 Å². The fourth-order valence-corrected chi connectivity index (χ4v) is 2.46. The van der Waals surface area contributed by atoms with Crippen LogP contribution < -0.4 is 4.74 Å². The van der Waals surface area contributed by atoms with Crippen molar-refractivity contribution in [3.05, 3.63) is 28.5 Å². The third-order valence-corrected chi connectivity index (χ3v) is 3.47. The molecular weight excluding hydrogens is 259 g/mol. The SMILES string of the molecule is C[C@H]1CC[C@@H](Oc2c(F)cccc2Br)C1. The highest BCUT2D eigenvalue weighted by Gasteiger charge is 2.24. The molecule has 0 aliphatic heterocycles. The van der Waals surface area contributed by atoms with Crippen molar-refractivity contribution < 1.29 is 9.13 Å². The zero-order chi connectivity index (χ0) is 10.8. The summed E-state index contributed by atoms with van der Waals surface area (Å²) in [7, 11) is 0. The van der Waals surface area contributed by atoms with Crippen LogP contribution in [0.3, 0.4) is 0 Å². The summed E-state index contributed by atoms with van der Waals surface area (Å²) in [5.41, 5.74) is 0. The van der Waals surface area contributed by atoms with Crippen molar-refractivity contribution in [2.45, 2.75) is 32.3 Å². The molecule has 2 rings (SSSR count). The molecule has 2 atom stereocenters. The maximum atomic E-state index is 13.4. The van der Waals surface area contributed by atoms with Crippen molar-refractivity contribution in [1.82, 2.24) is 0 Å². The van der Waals surface area contributed by atoms with E-state index in [9.17, 15) is 4.39 Å². The van der Waals surface area contributed by atoms with E-state index in [-0.39, 0.29) is 11.9 Å². The highest BCUT2D eigenvalue weighted by atomic mass is 79.9. The first-order chi connectivity index (χ1) is 7.16. The fourth-order valence-electron chi connectivity index (χ4n) is 2.02. The summed E-state index contributed by atoms with van der Waals surface area (Å²) in [6.45, 7) is 2.21. The molecule has 0 N–H and O–H groups in total. The summed E-state index contributed by atoms with van der Waals surface area (Å²) < 4.78 is 19.8. The quantitative estimate of drug-likeness (QED) is 0.786. The first-order valence-corrected chi connectivity index (χ1v) is 6.07. The molecule has 0 saturated heterocycles. The molecule has 1 aromatic rings. The predicted molar refractivity (Wildman–Crippen MR) is 61.5 cm³/mol. The molecule has 0 bridgehead atoms. The number of ether oxygens (including phenoxy) is 1. The summed E-state index contributed by atoms with van der Waals surface area (Å²) in [6.07, 6.45) is 3.41. The van der Waals surface area contributed by atoms with Gasteiger partial charge in [-0.15, -0.1) is 0 Å². The number of benzene rings is 1. The molecule has 0 aromatic heterocycles. The summed E-state index contributed by atoms with van der Waals surface area (Å²) in [6, 6.07) is 4.90. The van der Waals surface area contributed by atoms with E-state index in [1.54, 1.807) is 12.1 Å². The zero-order valence-corrected chi connectivity index (χ0v) is 10.3. The van der Waals surface area contributed by atoms with E-state index >= 15 is 0 Å². The highest BCUT2D eigenvalue weighted by Crippen LogP contribution is 2.33. The van der Waals surface area contributed by atoms with Gasteiger partial charge in [0.15, 0.2) is 11.6 Å². The van der Waals surface area contributed by atoms with E-state index < -0.39 is 0 Å². The summed E-state index contributed by atoms with van der Waals surface area (Å²) in [5, 5.41) is 0. The molecule has 1 nitrogen and oxygen atoms in total. The molecule has 1 saturated carbocycles. The minimum atomic E-state index is -0.288. The van der Waals surface area contributed by atoms with Crippen molar-refractivity contribution in [3.63, 3.8) is 0 Å². The lowest BCUT2D eigenvalue weighted by Crippen LogP contribution is -2.13. The van der Waals surface area contributed by atoms with Gasteiger partial charge < -0.3 is 4.74 Å². The van der Waals surface area contributed by atoms with Gasteiger partial charge in [-0.3, -0.25) is 0 Å². The Bertz CT molecular complexity index is 333. The van der Waals surface area contributed by atoms with Gasteiger partial charge in [-0.25, -0.2) is 4.39 Å². The van der Waals surface area contributed by atoms with Crippen LogP contribution in [0.5, 0.6) is 5.75 Å². The van der Waals surface area contributed by atoms with Gasteiger partial charge in [-0.05, 0) is 53.2 Å². The molecule has 82 valence electrons. The minimum absolute atomic E-state index is 0.174. The van der Waals surface area contributed by atoms with E-state index in [2.05, 4.69) is 22.9 Å². The number of hydrogen-bond donors (Lipinski definition) is 0. The second-order valence-corrected chi connectivity index (χ2v) is 5.06. The maximum absolute atomic E-state index is 13.4. The standard InChI is InChI=1S/C12H14BrFO/c1-8-5-6-9(7-8)15-12-10(13)3-2-4-11(12)14/h2-4,8-9H,5-7H2,1H3/t8-,9+/m0/s1. The highest BCUT2D eigenvalue weighted by molar-refractivity contribution is 9.10. The smallest absolute Gasteiger partial charge is 0.169 e. The maximum Gasteiger partial charge on any atom is 0.169 e. The van der Waals surface area contributed by atoms with Gasteiger partial charge in [0, 0.05) is 0 Å². The zero-order valence-electron chi connectivity index (χ0n) is 8.67. The van der Waals surface area contributed by atoms with E-state index in [1.165, 1.54) is 12.5 Å². The van der Waals surface area contributed by atoms with E-state index in [1.807, 2.05) is 0 Å². The van der Waals surface area contributed by atoms with Crippen molar-refractivity contribution in [1.29, 1.82) is 0 Å². The lowest BCUT2D eigenvalue weighted by molar-refractivity contribution is 0.195. The molecular formula is C12H14BrFO. The van der Waals surface area contributed by atoms with Crippen LogP contribution in [0, 0.1) is 11.7 Å². The lowest BCUT2D eigenvalue weighted by atomic mass is 10.1. The molecule has 1 aliphatic carbocycles. The molecule has 0 spiro atoms. The Morgan fingerprint density at radius 1 is 1.40 bits per heavy atom. The van der Waals surface area contributed by atoms with Gasteiger partial charge in [-0.1, -0.05) is 13.0 Å². The third kappa shape index (κ3) is 2.51. The van der Waals surface area contributed by atoms with Crippen LogP contribution in [-0.4, -0.2) is 6.10 Å². The number of para-hydroxylation sites is 1. The minimum Gasteiger partial charge on any atom is -0.486 e. The molecule has 0 heterocycles. The summed E-state index contributed by atoms with van der Waals surface area (Å²) in [5.74, 6) is 0.765. The molecule has 1 aromatic carbocycles. The van der Waals surface area contributed by atoms with Crippen LogP contribution in [0.1, 0.15) is 26.2 Å². The Morgan fingerprint density at radius 2 is 2.20 bits per heavy atom. The predicted octanol–water partition coefficient (Wildman–Crippen LogP) is 4.16.